The number of nitrogens with two attached hydrogens (primary N) is 1. The molecule has 0 aliphatic rings. The highest BCUT2D eigenvalue weighted by molar-refractivity contribution is 5.84. The van der Waals surface area contributed by atoms with Gasteiger partial charge in [-0.25, -0.2) is 4.99 Å². The highest BCUT2D eigenvalue weighted by Crippen LogP contribution is 2.07. The van der Waals surface area contributed by atoms with Gasteiger partial charge in [0.15, 0.2) is 5.96 Å². The van der Waals surface area contributed by atoms with Gasteiger partial charge >= 0.3 is 0 Å². The molecule has 0 saturated carbocycles. The Balaban J connectivity index is 3.81. The molecule has 112 valence electrons. The summed E-state index contributed by atoms with van der Waals surface area (Å²) in [5.74, 6) is 1.00. The number of carbonyl (C=O) groups is 1. The summed E-state index contributed by atoms with van der Waals surface area (Å²) in [5.41, 5.74) is 5.74. The number of nitrogens with zero attached hydrogens (tertiary/aromatic N) is 1. The Morgan fingerprint density at radius 1 is 1.26 bits per heavy atom. The lowest BCUT2D eigenvalue weighted by Gasteiger charge is -2.15. The van der Waals surface area contributed by atoms with Gasteiger partial charge in [-0.05, 0) is 25.7 Å². The third-order valence-electron chi connectivity index (χ3n) is 2.78. The van der Waals surface area contributed by atoms with Crippen molar-refractivity contribution >= 4 is 11.9 Å². The molecule has 4 N–H and O–H groups in total. The Kier molecular flexibility index (Phi) is 9.94. The van der Waals surface area contributed by atoms with Gasteiger partial charge in [-0.3, -0.25) is 4.79 Å². The molecule has 0 aromatic heterocycles. The van der Waals surface area contributed by atoms with Crippen LogP contribution in [0.15, 0.2) is 4.99 Å². The maximum Gasteiger partial charge on any atom is 0.241 e. The second-order valence-electron chi connectivity index (χ2n) is 5.42. The number of aliphatic imine (C=N–C) groups is 1. The van der Waals surface area contributed by atoms with E-state index in [9.17, 15) is 4.79 Å². The fourth-order valence-electron chi connectivity index (χ4n) is 1.68. The standard InChI is InChI=1S/C14H30N4O/c1-5-9-16-13(19)10-17-14(15)18-12(4)8-6-7-11(2)3/h11-12H,5-10H2,1-4H3,(H,16,19)(H3,15,17,18). The van der Waals surface area contributed by atoms with Crippen molar-refractivity contribution in [2.75, 3.05) is 13.1 Å². The molecule has 19 heavy (non-hydrogen) atoms. The Morgan fingerprint density at radius 2 is 1.95 bits per heavy atom. The van der Waals surface area contributed by atoms with E-state index in [1.165, 1.54) is 12.8 Å². The third kappa shape index (κ3) is 11.6. The number of hydrogen-bond acceptors (Lipinski definition) is 2. The van der Waals surface area contributed by atoms with Crippen LogP contribution in [-0.4, -0.2) is 31.0 Å². The van der Waals surface area contributed by atoms with Crippen LogP contribution in [0, 0.1) is 5.92 Å². The molecule has 0 aliphatic carbocycles. The van der Waals surface area contributed by atoms with E-state index in [4.69, 9.17) is 5.73 Å². The first-order chi connectivity index (χ1) is 8.95. The molecule has 5 heteroatoms. The van der Waals surface area contributed by atoms with Crippen LogP contribution in [-0.2, 0) is 4.79 Å². The van der Waals surface area contributed by atoms with Crippen LogP contribution in [0.2, 0.25) is 0 Å². The molecule has 0 bridgehead atoms. The van der Waals surface area contributed by atoms with Gasteiger partial charge in [-0.2, -0.15) is 0 Å². The lowest BCUT2D eigenvalue weighted by Crippen LogP contribution is -2.39. The second-order valence-corrected chi connectivity index (χ2v) is 5.42. The first-order valence-electron chi connectivity index (χ1n) is 7.28. The number of rotatable bonds is 9. The van der Waals surface area contributed by atoms with Crippen LogP contribution in [0.5, 0.6) is 0 Å². The predicted molar refractivity (Wildman–Crippen MR) is 81.1 cm³/mol. The number of guanidine groups is 1. The summed E-state index contributed by atoms with van der Waals surface area (Å²) in [6, 6.07) is 0.293. The molecule has 0 aromatic rings. The van der Waals surface area contributed by atoms with Crippen molar-refractivity contribution in [1.29, 1.82) is 0 Å². The van der Waals surface area contributed by atoms with Gasteiger partial charge in [0.1, 0.15) is 6.54 Å². The topological polar surface area (TPSA) is 79.5 Å². The second kappa shape index (κ2) is 10.6. The van der Waals surface area contributed by atoms with E-state index < -0.39 is 0 Å². The Morgan fingerprint density at radius 3 is 2.53 bits per heavy atom. The molecule has 1 amide bonds. The van der Waals surface area contributed by atoms with E-state index in [0.29, 0.717) is 18.5 Å². The van der Waals surface area contributed by atoms with E-state index in [-0.39, 0.29) is 12.5 Å². The number of amides is 1. The van der Waals surface area contributed by atoms with Gasteiger partial charge in [-0.15, -0.1) is 0 Å². The number of hydrogen-bond donors (Lipinski definition) is 3. The third-order valence-corrected chi connectivity index (χ3v) is 2.78. The zero-order valence-electron chi connectivity index (χ0n) is 12.8. The fourth-order valence-corrected chi connectivity index (χ4v) is 1.68. The summed E-state index contributed by atoms with van der Waals surface area (Å²) < 4.78 is 0. The Labute approximate surface area is 117 Å². The molecule has 0 aliphatic heterocycles. The first kappa shape index (κ1) is 17.7. The quantitative estimate of drug-likeness (QED) is 0.440. The molecule has 1 atom stereocenters. The predicted octanol–water partition coefficient (Wildman–Crippen LogP) is 1.63. The minimum atomic E-state index is -0.0842. The number of carbonyl (C=O) groups excluding carboxylic acids is 1. The lowest BCUT2D eigenvalue weighted by molar-refractivity contribution is -0.119. The largest absolute Gasteiger partial charge is 0.370 e. The molecule has 0 saturated heterocycles. The molecule has 0 spiro atoms. The van der Waals surface area contributed by atoms with Crippen LogP contribution in [0.4, 0.5) is 0 Å². The highest BCUT2D eigenvalue weighted by atomic mass is 16.1. The number of nitrogens with one attached hydrogen (secondary N) is 2. The Bertz CT molecular complexity index is 277. The SMILES string of the molecule is CCCNC(=O)CN=C(N)NC(C)CCCC(C)C. The van der Waals surface area contributed by atoms with E-state index in [2.05, 4.69) is 36.4 Å². The van der Waals surface area contributed by atoms with Crippen molar-refractivity contribution in [3.63, 3.8) is 0 Å². The summed E-state index contributed by atoms with van der Waals surface area (Å²) in [5, 5.41) is 5.87. The van der Waals surface area contributed by atoms with Gasteiger partial charge < -0.3 is 16.4 Å². The summed E-state index contributed by atoms with van der Waals surface area (Å²) in [6.45, 7) is 9.33. The molecule has 0 radical (unpaired) electrons. The maximum absolute atomic E-state index is 11.3. The van der Waals surface area contributed by atoms with Crippen LogP contribution in [0.3, 0.4) is 0 Å². The van der Waals surface area contributed by atoms with E-state index in [1.54, 1.807) is 0 Å². The monoisotopic (exact) mass is 270 g/mol. The molecule has 0 rings (SSSR count). The van der Waals surface area contributed by atoms with Crippen molar-refractivity contribution < 1.29 is 4.79 Å². The minimum absolute atomic E-state index is 0.0842. The summed E-state index contributed by atoms with van der Waals surface area (Å²) in [4.78, 5) is 15.4. The van der Waals surface area contributed by atoms with Crippen LogP contribution >= 0.6 is 0 Å². The van der Waals surface area contributed by atoms with Gasteiger partial charge in [0, 0.05) is 12.6 Å². The molecule has 0 fully saturated rings. The van der Waals surface area contributed by atoms with Crippen molar-refractivity contribution in [2.24, 2.45) is 16.6 Å². The molecule has 0 heterocycles. The molecule has 5 nitrogen and oxygen atoms in total. The van der Waals surface area contributed by atoms with E-state index in [1.807, 2.05) is 6.92 Å². The van der Waals surface area contributed by atoms with E-state index >= 15 is 0 Å². The normalized spacial score (nSPS) is 13.4. The van der Waals surface area contributed by atoms with Crippen molar-refractivity contribution in [2.45, 2.75) is 59.4 Å². The molecule has 0 aromatic carbocycles. The van der Waals surface area contributed by atoms with Gasteiger partial charge in [0.2, 0.25) is 5.91 Å². The summed E-state index contributed by atoms with van der Waals surface area (Å²) in [7, 11) is 0. The minimum Gasteiger partial charge on any atom is -0.370 e. The zero-order chi connectivity index (χ0) is 14.7. The highest BCUT2D eigenvalue weighted by Gasteiger charge is 2.04. The van der Waals surface area contributed by atoms with Crippen molar-refractivity contribution in [3.05, 3.63) is 0 Å². The summed E-state index contributed by atoms with van der Waals surface area (Å²) in [6.07, 6.45) is 4.39. The van der Waals surface area contributed by atoms with Crippen molar-refractivity contribution in [3.8, 4) is 0 Å². The average Bonchev–Trinajstić information content (AvgIpc) is 2.33. The molecular formula is C14H30N4O. The fraction of sp³-hybridized carbons (Fsp3) is 0.857. The first-order valence-corrected chi connectivity index (χ1v) is 7.28. The Hall–Kier alpha value is -1.26. The summed E-state index contributed by atoms with van der Waals surface area (Å²) >= 11 is 0. The molecule has 1 unspecified atom stereocenters. The van der Waals surface area contributed by atoms with Crippen LogP contribution in [0.1, 0.15) is 53.4 Å². The van der Waals surface area contributed by atoms with Gasteiger partial charge in [0.25, 0.3) is 0 Å². The van der Waals surface area contributed by atoms with Crippen LogP contribution in [0.25, 0.3) is 0 Å². The maximum atomic E-state index is 11.3. The average molecular weight is 270 g/mol. The van der Waals surface area contributed by atoms with E-state index in [0.717, 1.165) is 18.8 Å². The van der Waals surface area contributed by atoms with Gasteiger partial charge in [-0.1, -0.05) is 33.6 Å². The smallest absolute Gasteiger partial charge is 0.241 e. The zero-order valence-corrected chi connectivity index (χ0v) is 12.8. The van der Waals surface area contributed by atoms with Gasteiger partial charge in [0.05, 0.1) is 0 Å². The lowest BCUT2D eigenvalue weighted by atomic mass is 10.0. The molecular weight excluding hydrogens is 240 g/mol. The van der Waals surface area contributed by atoms with Crippen molar-refractivity contribution in [1.82, 2.24) is 10.6 Å². The van der Waals surface area contributed by atoms with Crippen LogP contribution < -0.4 is 16.4 Å².